The van der Waals surface area contributed by atoms with Gasteiger partial charge in [0.25, 0.3) is 11.4 Å². The van der Waals surface area contributed by atoms with E-state index in [4.69, 9.17) is 11.5 Å². The van der Waals surface area contributed by atoms with Gasteiger partial charge in [-0.15, -0.1) is 0 Å². The lowest BCUT2D eigenvalue weighted by atomic mass is 10.1. The Morgan fingerprint density at radius 2 is 1.00 bits per heavy atom. The highest BCUT2D eigenvalue weighted by atomic mass is 16.6. The third kappa shape index (κ3) is 4.07. The van der Waals surface area contributed by atoms with E-state index in [1.54, 1.807) is 48.5 Å². The lowest BCUT2D eigenvalue weighted by Crippen LogP contribution is -2.03. The molecule has 0 radical (unpaired) electrons. The van der Waals surface area contributed by atoms with Crippen molar-refractivity contribution in [3.05, 3.63) is 80.9 Å². The van der Waals surface area contributed by atoms with E-state index in [2.05, 4.69) is 10.6 Å². The van der Waals surface area contributed by atoms with E-state index in [9.17, 15) is 20.2 Å². The molecule has 0 amide bonds. The molecule has 3 aromatic rings. The van der Waals surface area contributed by atoms with Gasteiger partial charge in [-0.2, -0.15) is 0 Å². The fourth-order valence-electron chi connectivity index (χ4n) is 2.52. The van der Waals surface area contributed by atoms with Crippen molar-refractivity contribution >= 4 is 45.5 Å². The number of anilines is 6. The van der Waals surface area contributed by atoms with Gasteiger partial charge in [0, 0.05) is 22.7 Å². The normalized spacial score (nSPS) is 10.3. The first-order valence-corrected chi connectivity index (χ1v) is 8.05. The Balaban J connectivity index is 2.06. The van der Waals surface area contributed by atoms with Gasteiger partial charge in [-0.1, -0.05) is 0 Å². The van der Waals surface area contributed by atoms with E-state index in [0.29, 0.717) is 22.7 Å². The highest BCUT2D eigenvalue weighted by Crippen LogP contribution is 2.38. The number of hydrogen-bond donors (Lipinski definition) is 4. The number of nitrogens with two attached hydrogens (primary N) is 2. The molecule has 28 heavy (non-hydrogen) atoms. The molecule has 142 valence electrons. The fourth-order valence-corrected chi connectivity index (χ4v) is 2.52. The minimum atomic E-state index is -0.681. The van der Waals surface area contributed by atoms with Crippen molar-refractivity contribution in [1.82, 2.24) is 0 Å². The number of nitrogens with zero attached hydrogens (tertiary/aromatic N) is 2. The van der Waals surface area contributed by atoms with E-state index in [1.807, 2.05) is 0 Å². The summed E-state index contributed by atoms with van der Waals surface area (Å²) in [6, 6.07) is 15.4. The molecule has 0 saturated carbocycles. The molecule has 10 heteroatoms. The standard InChI is InChI=1S/C18H16N6O4/c19-11-1-5-13(6-2-11)21-15-9-16(22-14-7-3-12(20)4-8-14)18(24(27)28)10-17(15)23(25)26/h1-10,21-22H,19-20H2. The highest BCUT2D eigenvalue weighted by Gasteiger charge is 2.25. The van der Waals surface area contributed by atoms with Crippen LogP contribution in [-0.4, -0.2) is 9.85 Å². The van der Waals surface area contributed by atoms with Crippen molar-refractivity contribution in [3.63, 3.8) is 0 Å². The monoisotopic (exact) mass is 380 g/mol. The van der Waals surface area contributed by atoms with Crippen LogP contribution in [0.25, 0.3) is 0 Å². The van der Waals surface area contributed by atoms with Crippen LogP contribution in [0.3, 0.4) is 0 Å². The zero-order valence-corrected chi connectivity index (χ0v) is 14.5. The largest absolute Gasteiger partial charge is 0.399 e. The minimum absolute atomic E-state index is 0.0957. The summed E-state index contributed by atoms with van der Waals surface area (Å²) in [6.07, 6.45) is 0. The predicted octanol–water partition coefficient (Wildman–Crippen LogP) is 4.15. The Kier molecular flexibility index (Phi) is 4.94. The predicted molar refractivity (Wildman–Crippen MR) is 108 cm³/mol. The lowest BCUT2D eigenvalue weighted by Gasteiger charge is -2.12. The van der Waals surface area contributed by atoms with Crippen LogP contribution in [0.15, 0.2) is 60.7 Å². The van der Waals surface area contributed by atoms with Crippen LogP contribution in [0.1, 0.15) is 0 Å². The average Bonchev–Trinajstić information content (AvgIpc) is 2.65. The smallest absolute Gasteiger partial charge is 0.299 e. The Morgan fingerprint density at radius 3 is 1.32 bits per heavy atom. The van der Waals surface area contributed by atoms with Crippen molar-refractivity contribution < 1.29 is 9.85 Å². The van der Waals surface area contributed by atoms with Crippen LogP contribution in [0.5, 0.6) is 0 Å². The number of hydrogen-bond acceptors (Lipinski definition) is 8. The Labute approximate surface area is 159 Å². The van der Waals surface area contributed by atoms with Crippen LogP contribution in [0.2, 0.25) is 0 Å². The summed E-state index contributed by atoms with van der Waals surface area (Å²) in [6.45, 7) is 0. The van der Waals surface area contributed by atoms with E-state index in [0.717, 1.165) is 6.07 Å². The highest BCUT2D eigenvalue weighted by molar-refractivity contribution is 5.82. The van der Waals surface area contributed by atoms with Crippen LogP contribution in [0.4, 0.5) is 45.5 Å². The van der Waals surface area contributed by atoms with Gasteiger partial charge in [0.15, 0.2) is 0 Å². The van der Waals surface area contributed by atoms with Crippen LogP contribution >= 0.6 is 0 Å². The number of nitrogens with one attached hydrogen (secondary N) is 2. The second-order valence-electron chi connectivity index (χ2n) is 5.89. The summed E-state index contributed by atoms with van der Waals surface area (Å²) in [5, 5.41) is 28.7. The maximum atomic E-state index is 11.4. The molecule has 3 aromatic carbocycles. The number of nitro groups is 2. The molecule has 0 aliphatic rings. The van der Waals surface area contributed by atoms with Gasteiger partial charge in [0.2, 0.25) is 0 Å². The van der Waals surface area contributed by atoms with Crippen molar-refractivity contribution in [2.45, 2.75) is 0 Å². The molecule has 0 saturated heterocycles. The maximum Gasteiger partial charge on any atom is 0.299 e. The van der Waals surface area contributed by atoms with E-state index in [-0.39, 0.29) is 11.4 Å². The SMILES string of the molecule is Nc1ccc(Nc2cc(Nc3ccc(N)cc3)c([N+](=O)[O-])cc2[N+](=O)[O-])cc1. The molecular weight excluding hydrogens is 364 g/mol. The van der Waals surface area contributed by atoms with Crippen LogP contribution in [0, 0.1) is 20.2 Å². The van der Waals surface area contributed by atoms with E-state index >= 15 is 0 Å². The Hall–Kier alpha value is -4.34. The zero-order chi connectivity index (χ0) is 20.3. The number of rotatable bonds is 6. The minimum Gasteiger partial charge on any atom is -0.399 e. The number of nitro benzene ring substituents is 2. The quantitative estimate of drug-likeness (QED) is 0.281. The maximum absolute atomic E-state index is 11.4. The van der Waals surface area contributed by atoms with E-state index in [1.165, 1.54) is 6.07 Å². The Morgan fingerprint density at radius 1 is 0.643 bits per heavy atom. The van der Waals surface area contributed by atoms with Crippen LogP contribution in [-0.2, 0) is 0 Å². The van der Waals surface area contributed by atoms with Gasteiger partial charge in [0.05, 0.1) is 15.9 Å². The summed E-state index contributed by atoms with van der Waals surface area (Å²) in [5.74, 6) is 0. The summed E-state index contributed by atoms with van der Waals surface area (Å²) in [7, 11) is 0. The summed E-state index contributed by atoms with van der Waals surface area (Å²) in [4.78, 5) is 21.5. The van der Waals surface area contributed by atoms with Gasteiger partial charge >= 0.3 is 0 Å². The van der Waals surface area contributed by atoms with Gasteiger partial charge < -0.3 is 22.1 Å². The first kappa shape index (κ1) is 18.5. The molecule has 3 rings (SSSR count). The van der Waals surface area contributed by atoms with Crippen molar-refractivity contribution in [2.75, 3.05) is 22.1 Å². The average molecular weight is 380 g/mol. The Bertz CT molecular complexity index is 954. The summed E-state index contributed by atoms with van der Waals surface area (Å²) < 4.78 is 0. The molecular formula is C18H16N6O4. The zero-order valence-electron chi connectivity index (χ0n) is 14.5. The van der Waals surface area contributed by atoms with Crippen molar-refractivity contribution in [2.24, 2.45) is 0 Å². The number of benzene rings is 3. The van der Waals surface area contributed by atoms with Gasteiger partial charge in [-0.25, -0.2) is 0 Å². The molecule has 6 N–H and O–H groups in total. The molecule has 0 fully saturated rings. The third-order valence-electron chi connectivity index (χ3n) is 3.89. The van der Waals surface area contributed by atoms with Crippen molar-refractivity contribution in [1.29, 1.82) is 0 Å². The van der Waals surface area contributed by atoms with Crippen LogP contribution < -0.4 is 22.1 Å². The lowest BCUT2D eigenvalue weighted by molar-refractivity contribution is -0.393. The second-order valence-corrected chi connectivity index (χ2v) is 5.89. The van der Waals surface area contributed by atoms with Gasteiger partial charge in [-0.05, 0) is 54.6 Å². The molecule has 10 nitrogen and oxygen atoms in total. The van der Waals surface area contributed by atoms with E-state index < -0.39 is 21.2 Å². The first-order chi connectivity index (χ1) is 13.3. The molecule has 0 aliphatic heterocycles. The molecule has 0 atom stereocenters. The van der Waals surface area contributed by atoms with Crippen molar-refractivity contribution in [3.8, 4) is 0 Å². The molecule has 0 heterocycles. The fraction of sp³-hybridized carbons (Fsp3) is 0. The number of nitrogen functional groups attached to an aromatic ring is 2. The molecule has 0 bridgehead atoms. The first-order valence-electron chi connectivity index (χ1n) is 8.05. The molecule has 0 aliphatic carbocycles. The topological polar surface area (TPSA) is 162 Å². The van der Waals surface area contributed by atoms with Gasteiger partial charge in [0.1, 0.15) is 11.4 Å². The molecule has 0 spiro atoms. The molecule has 0 unspecified atom stereocenters. The molecule has 0 aromatic heterocycles. The van der Waals surface area contributed by atoms with Gasteiger partial charge in [-0.3, -0.25) is 20.2 Å². The second kappa shape index (κ2) is 7.50. The summed E-state index contributed by atoms with van der Waals surface area (Å²) in [5.41, 5.74) is 12.8. The summed E-state index contributed by atoms with van der Waals surface area (Å²) >= 11 is 0. The third-order valence-corrected chi connectivity index (χ3v) is 3.89.